The molecule has 0 atom stereocenters. The Kier molecular flexibility index (Phi) is 3.45. The Bertz CT molecular complexity index is 1220. The average Bonchev–Trinajstić information content (AvgIpc) is 3.31. The maximum atomic E-state index is 6.18. The highest BCUT2D eigenvalue weighted by molar-refractivity contribution is 7.26. The van der Waals surface area contributed by atoms with Crippen molar-refractivity contribution in [2.24, 2.45) is 0 Å². The van der Waals surface area contributed by atoms with Gasteiger partial charge in [0, 0.05) is 30.5 Å². The first-order valence-corrected chi connectivity index (χ1v) is 10.3. The van der Waals surface area contributed by atoms with Crippen molar-refractivity contribution in [2.75, 3.05) is 31.2 Å². The molecule has 0 saturated carbocycles. The van der Waals surface area contributed by atoms with E-state index in [0.29, 0.717) is 6.61 Å². The van der Waals surface area contributed by atoms with Gasteiger partial charge >= 0.3 is 0 Å². The number of ether oxygens (including phenoxy) is 2. The number of hydrogen-bond acceptors (Lipinski definition) is 8. The summed E-state index contributed by atoms with van der Waals surface area (Å²) in [6.07, 6.45) is 4.31. The molecule has 6 heterocycles. The van der Waals surface area contributed by atoms with E-state index in [1.165, 1.54) is 11.1 Å². The van der Waals surface area contributed by atoms with Crippen LogP contribution in [-0.4, -0.2) is 56.5 Å². The summed E-state index contributed by atoms with van der Waals surface area (Å²) in [7, 11) is 0. The van der Waals surface area contributed by atoms with Crippen LogP contribution in [0.2, 0.25) is 0 Å². The lowest BCUT2D eigenvalue weighted by Gasteiger charge is -2.36. The van der Waals surface area contributed by atoms with E-state index in [2.05, 4.69) is 28.9 Å². The summed E-state index contributed by atoms with van der Waals surface area (Å²) in [5.74, 6) is 1.03. The third-order valence-electron chi connectivity index (χ3n) is 5.62. The number of anilines is 1. The van der Waals surface area contributed by atoms with E-state index in [-0.39, 0.29) is 5.60 Å². The van der Waals surface area contributed by atoms with Gasteiger partial charge < -0.3 is 14.4 Å². The summed E-state index contributed by atoms with van der Waals surface area (Å²) in [6.45, 7) is 8.04. The Morgan fingerprint density at radius 2 is 2.00 bits per heavy atom. The van der Waals surface area contributed by atoms with E-state index >= 15 is 0 Å². The maximum Gasteiger partial charge on any atom is 0.181 e. The molecule has 0 unspecified atom stereocenters. The second-order valence-corrected chi connectivity index (χ2v) is 8.98. The Balaban J connectivity index is 1.69. The fourth-order valence-corrected chi connectivity index (χ4v) is 5.36. The number of morpholine rings is 1. The summed E-state index contributed by atoms with van der Waals surface area (Å²) >= 11 is 1.65. The second kappa shape index (κ2) is 5.82. The fourth-order valence-electron chi connectivity index (χ4n) is 4.22. The lowest BCUT2D eigenvalue weighted by Crippen LogP contribution is -2.39. The molecule has 28 heavy (non-hydrogen) atoms. The standard InChI is InChI=1S/C19H20N6O2S/c1-19(2)7-11-12(8-27-19)16(24-3-5-26-6-4-24)22-18-13(11)14-15(28-18)17-23-21-10-25(17)9-20-14/h9-10H,3-8H2,1-2H3. The third-order valence-corrected chi connectivity index (χ3v) is 6.68. The second-order valence-electron chi connectivity index (χ2n) is 7.98. The van der Waals surface area contributed by atoms with Crippen LogP contribution in [0.15, 0.2) is 12.7 Å². The van der Waals surface area contributed by atoms with E-state index in [1.54, 1.807) is 24.0 Å². The molecule has 0 bridgehead atoms. The number of hydrogen-bond donors (Lipinski definition) is 0. The van der Waals surface area contributed by atoms with Crippen LogP contribution in [0.25, 0.3) is 26.1 Å². The average molecular weight is 396 g/mol. The summed E-state index contributed by atoms with van der Waals surface area (Å²) in [6, 6.07) is 0. The van der Waals surface area contributed by atoms with Gasteiger partial charge in [0.1, 0.15) is 28.0 Å². The Labute approximate surface area is 165 Å². The molecule has 2 aliphatic heterocycles. The highest BCUT2D eigenvalue weighted by Gasteiger charge is 2.33. The molecule has 0 amide bonds. The van der Waals surface area contributed by atoms with Gasteiger partial charge in [-0.25, -0.2) is 9.97 Å². The number of rotatable bonds is 1. The summed E-state index contributed by atoms with van der Waals surface area (Å²) < 4.78 is 14.6. The molecule has 6 rings (SSSR count). The number of nitrogens with zero attached hydrogens (tertiary/aromatic N) is 6. The van der Waals surface area contributed by atoms with Crippen molar-refractivity contribution in [1.82, 2.24) is 24.6 Å². The molecular weight excluding hydrogens is 376 g/mol. The van der Waals surface area contributed by atoms with Gasteiger partial charge in [0.25, 0.3) is 0 Å². The highest BCUT2D eigenvalue weighted by atomic mass is 32.1. The molecule has 0 aromatic carbocycles. The van der Waals surface area contributed by atoms with Crippen molar-refractivity contribution in [3.05, 3.63) is 23.8 Å². The van der Waals surface area contributed by atoms with Crippen LogP contribution in [0, 0.1) is 0 Å². The lowest BCUT2D eigenvalue weighted by molar-refractivity contribution is -0.0396. The van der Waals surface area contributed by atoms with Gasteiger partial charge in [-0.2, -0.15) is 0 Å². The molecule has 2 aliphatic rings. The minimum atomic E-state index is -0.212. The Morgan fingerprint density at radius 1 is 1.14 bits per heavy atom. The normalized spacial score (nSPS) is 19.6. The van der Waals surface area contributed by atoms with E-state index in [1.807, 2.05) is 4.40 Å². The van der Waals surface area contributed by atoms with Crippen molar-refractivity contribution in [1.29, 1.82) is 0 Å². The zero-order valence-electron chi connectivity index (χ0n) is 15.8. The third kappa shape index (κ3) is 2.36. The zero-order chi connectivity index (χ0) is 18.9. The van der Waals surface area contributed by atoms with Crippen molar-refractivity contribution in [3.8, 4) is 0 Å². The first-order chi connectivity index (χ1) is 13.6. The molecule has 8 nitrogen and oxygen atoms in total. The molecule has 1 saturated heterocycles. The van der Waals surface area contributed by atoms with Gasteiger partial charge in [-0.15, -0.1) is 21.5 Å². The van der Waals surface area contributed by atoms with Gasteiger partial charge in [-0.05, 0) is 19.4 Å². The largest absolute Gasteiger partial charge is 0.378 e. The minimum absolute atomic E-state index is 0.212. The number of thiophene rings is 1. The topological polar surface area (TPSA) is 77.7 Å². The minimum Gasteiger partial charge on any atom is -0.378 e. The van der Waals surface area contributed by atoms with Crippen LogP contribution in [0.5, 0.6) is 0 Å². The molecule has 9 heteroatoms. The van der Waals surface area contributed by atoms with Gasteiger partial charge in [0.05, 0.1) is 30.9 Å². The molecular formula is C19H20N6O2S. The van der Waals surface area contributed by atoms with Crippen LogP contribution >= 0.6 is 11.3 Å². The van der Waals surface area contributed by atoms with Crippen molar-refractivity contribution < 1.29 is 9.47 Å². The fraction of sp³-hybridized carbons (Fsp3) is 0.474. The molecule has 0 N–H and O–H groups in total. The summed E-state index contributed by atoms with van der Waals surface area (Å²) in [5.41, 5.74) is 4.09. The SMILES string of the molecule is CC1(C)Cc2c(c(N3CCOCC3)nc3sc4c(ncn5cnnc45)c23)CO1. The highest BCUT2D eigenvalue weighted by Crippen LogP contribution is 2.43. The van der Waals surface area contributed by atoms with Crippen LogP contribution in [0.1, 0.15) is 25.0 Å². The number of aromatic nitrogens is 5. The van der Waals surface area contributed by atoms with Crippen LogP contribution in [0.3, 0.4) is 0 Å². The van der Waals surface area contributed by atoms with E-state index in [0.717, 1.165) is 64.6 Å². The predicted octanol–water partition coefficient (Wildman–Crippen LogP) is 2.58. The summed E-state index contributed by atoms with van der Waals surface area (Å²) in [4.78, 5) is 13.2. The summed E-state index contributed by atoms with van der Waals surface area (Å²) in [5, 5.41) is 9.49. The smallest absolute Gasteiger partial charge is 0.181 e. The van der Waals surface area contributed by atoms with E-state index in [4.69, 9.17) is 19.4 Å². The number of fused-ring (bicyclic) bond motifs is 7. The monoisotopic (exact) mass is 396 g/mol. The molecule has 4 aromatic rings. The Morgan fingerprint density at radius 3 is 2.86 bits per heavy atom. The van der Waals surface area contributed by atoms with Crippen molar-refractivity contribution in [2.45, 2.75) is 32.5 Å². The quantitative estimate of drug-likeness (QED) is 0.489. The molecule has 0 radical (unpaired) electrons. The molecule has 0 spiro atoms. The van der Waals surface area contributed by atoms with Gasteiger partial charge in [0.15, 0.2) is 5.65 Å². The van der Waals surface area contributed by atoms with Crippen LogP contribution < -0.4 is 4.90 Å². The van der Waals surface area contributed by atoms with Gasteiger partial charge in [-0.1, -0.05) is 0 Å². The zero-order valence-corrected chi connectivity index (χ0v) is 16.6. The number of pyridine rings is 1. The first kappa shape index (κ1) is 16.6. The molecule has 144 valence electrons. The van der Waals surface area contributed by atoms with Crippen LogP contribution in [0.4, 0.5) is 5.82 Å². The Hall–Kier alpha value is -2.36. The van der Waals surface area contributed by atoms with Gasteiger partial charge in [-0.3, -0.25) is 4.40 Å². The molecule has 0 aliphatic carbocycles. The molecule has 4 aromatic heterocycles. The predicted molar refractivity (Wildman–Crippen MR) is 107 cm³/mol. The maximum absolute atomic E-state index is 6.18. The van der Waals surface area contributed by atoms with Crippen molar-refractivity contribution >= 4 is 43.2 Å². The first-order valence-electron chi connectivity index (χ1n) is 9.50. The van der Waals surface area contributed by atoms with Crippen LogP contribution in [-0.2, 0) is 22.5 Å². The van der Waals surface area contributed by atoms with E-state index in [9.17, 15) is 0 Å². The van der Waals surface area contributed by atoms with Gasteiger partial charge in [0.2, 0.25) is 0 Å². The van der Waals surface area contributed by atoms with E-state index < -0.39 is 0 Å². The van der Waals surface area contributed by atoms with Crippen molar-refractivity contribution in [3.63, 3.8) is 0 Å². The molecule has 1 fully saturated rings. The lowest BCUT2D eigenvalue weighted by atomic mass is 9.90.